The van der Waals surface area contributed by atoms with Gasteiger partial charge >= 0.3 is 0 Å². The molecule has 1 aliphatic heterocycles. The first kappa shape index (κ1) is 11.0. The van der Waals surface area contributed by atoms with Gasteiger partial charge in [-0.15, -0.1) is 0 Å². The molecule has 0 amide bonds. The highest BCUT2D eigenvalue weighted by Gasteiger charge is 2.32. The lowest BCUT2D eigenvalue weighted by Gasteiger charge is -2.43. The summed E-state index contributed by atoms with van der Waals surface area (Å²) in [6.07, 6.45) is 6.73. The van der Waals surface area contributed by atoms with Crippen molar-refractivity contribution >= 4 is 0 Å². The summed E-state index contributed by atoms with van der Waals surface area (Å²) in [5.74, 6) is 0. The van der Waals surface area contributed by atoms with Crippen LogP contribution in [-0.2, 0) is 0 Å². The van der Waals surface area contributed by atoms with Crippen LogP contribution in [0.2, 0.25) is 0 Å². The van der Waals surface area contributed by atoms with Crippen LogP contribution in [0.5, 0.6) is 0 Å². The maximum absolute atomic E-state index is 3.52. The van der Waals surface area contributed by atoms with Gasteiger partial charge in [-0.05, 0) is 39.9 Å². The molecule has 1 rings (SSSR count). The molecule has 0 aliphatic carbocycles. The van der Waals surface area contributed by atoms with Crippen LogP contribution in [0.4, 0.5) is 0 Å². The summed E-state index contributed by atoms with van der Waals surface area (Å²) in [6.45, 7) is 4.67. The lowest BCUT2D eigenvalue weighted by Crippen LogP contribution is -2.54. The van der Waals surface area contributed by atoms with E-state index in [0.29, 0.717) is 5.54 Å². The monoisotopic (exact) mass is 184 g/mol. The molecular formula is C11H24N2. The van der Waals surface area contributed by atoms with Crippen molar-refractivity contribution in [1.82, 2.24) is 10.2 Å². The van der Waals surface area contributed by atoms with Crippen molar-refractivity contribution in [2.75, 3.05) is 27.2 Å². The average Bonchev–Trinajstić information content (AvgIpc) is 2.16. The average molecular weight is 184 g/mol. The third kappa shape index (κ3) is 2.68. The van der Waals surface area contributed by atoms with Gasteiger partial charge in [0.25, 0.3) is 0 Å². The van der Waals surface area contributed by atoms with Crippen molar-refractivity contribution in [3.05, 3.63) is 0 Å². The van der Waals surface area contributed by atoms with E-state index in [1.54, 1.807) is 0 Å². The van der Waals surface area contributed by atoms with Gasteiger partial charge in [0.05, 0.1) is 0 Å². The van der Waals surface area contributed by atoms with Gasteiger partial charge in [0, 0.05) is 12.1 Å². The minimum absolute atomic E-state index is 0.453. The van der Waals surface area contributed by atoms with Gasteiger partial charge in [-0.2, -0.15) is 0 Å². The molecule has 1 heterocycles. The topological polar surface area (TPSA) is 15.3 Å². The molecule has 1 N–H and O–H groups in total. The molecule has 0 spiro atoms. The molecule has 13 heavy (non-hydrogen) atoms. The van der Waals surface area contributed by atoms with E-state index in [1.807, 2.05) is 0 Å². The van der Waals surface area contributed by atoms with E-state index in [4.69, 9.17) is 0 Å². The fraction of sp³-hybridized carbons (Fsp3) is 1.00. The maximum atomic E-state index is 3.52. The summed E-state index contributed by atoms with van der Waals surface area (Å²) in [4.78, 5) is 2.43. The Hall–Kier alpha value is -0.0800. The molecule has 1 saturated heterocycles. The van der Waals surface area contributed by atoms with Crippen LogP contribution in [0.15, 0.2) is 0 Å². The third-order valence-corrected chi connectivity index (χ3v) is 3.39. The number of hydrogen-bond acceptors (Lipinski definition) is 2. The van der Waals surface area contributed by atoms with Crippen LogP contribution in [-0.4, -0.2) is 37.6 Å². The summed E-state index contributed by atoms with van der Waals surface area (Å²) < 4.78 is 0. The minimum Gasteiger partial charge on any atom is -0.315 e. The van der Waals surface area contributed by atoms with E-state index < -0.39 is 0 Å². The van der Waals surface area contributed by atoms with Crippen LogP contribution < -0.4 is 5.32 Å². The van der Waals surface area contributed by atoms with Crippen LogP contribution in [0.3, 0.4) is 0 Å². The van der Waals surface area contributed by atoms with Crippen molar-refractivity contribution in [2.45, 2.75) is 44.6 Å². The number of unbranched alkanes of at least 4 members (excludes halogenated alkanes) is 1. The second-order valence-corrected chi connectivity index (χ2v) is 4.50. The second kappa shape index (κ2) is 4.97. The fourth-order valence-electron chi connectivity index (χ4n) is 2.28. The highest BCUT2D eigenvalue weighted by atomic mass is 15.2. The van der Waals surface area contributed by atoms with Gasteiger partial charge in [0.1, 0.15) is 0 Å². The Labute approximate surface area is 82.7 Å². The number of rotatable bonds is 4. The van der Waals surface area contributed by atoms with E-state index in [-0.39, 0.29) is 0 Å². The van der Waals surface area contributed by atoms with E-state index >= 15 is 0 Å². The zero-order chi connectivity index (χ0) is 9.73. The number of likely N-dealkylation sites (N-methyl/N-ethyl adjacent to an activating group) is 1. The Morgan fingerprint density at radius 1 is 1.38 bits per heavy atom. The lowest BCUT2D eigenvalue weighted by atomic mass is 9.84. The molecule has 0 bridgehead atoms. The molecule has 2 nitrogen and oxygen atoms in total. The molecular weight excluding hydrogens is 160 g/mol. The predicted octanol–water partition coefficient (Wildman–Crippen LogP) is 1.86. The van der Waals surface area contributed by atoms with Gasteiger partial charge in [-0.3, -0.25) is 0 Å². The summed E-state index contributed by atoms with van der Waals surface area (Å²) in [5, 5.41) is 3.52. The quantitative estimate of drug-likeness (QED) is 0.717. The van der Waals surface area contributed by atoms with E-state index in [9.17, 15) is 0 Å². The summed E-state index contributed by atoms with van der Waals surface area (Å²) in [6, 6.07) is 0. The van der Waals surface area contributed by atoms with Crippen molar-refractivity contribution in [3.8, 4) is 0 Å². The Balaban J connectivity index is 2.51. The first-order valence-corrected chi connectivity index (χ1v) is 5.59. The fourth-order valence-corrected chi connectivity index (χ4v) is 2.28. The summed E-state index contributed by atoms with van der Waals surface area (Å²) in [7, 11) is 4.45. The SMILES string of the molecule is CCCCC1(N(C)C)CCCNC1. The minimum atomic E-state index is 0.453. The highest BCUT2D eigenvalue weighted by Crippen LogP contribution is 2.27. The van der Waals surface area contributed by atoms with Crippen molar-refractivity contribution in [3.63, 3.8) is 0 Å². The maximum Gasteiger partial charge on any atom is 0.0328 e. The smallest absolute Gasteiger partial charge is 0.0328 e. The highest BCUT2D eigenvalue weighted by molar-refractivity contribution is 4.92. The molecule has 1 atom stereocenters. The van der Waals surface area contributed by atoms with E-state index in [2.05, 4.69) is 31.2 Å². The molecule has 2 heteroatoms. The number of nitrogens with one attached hydrogen (secondary N) is 1. The first-order chi connectivity index (χ1) is 6.21. The van der Waals surface area contributed by atoms with E-state index in [1.165, 1.54) is 45.2 Å². The Morgan fingerprint density at radius 2 is 2.15 bits per heavy atom. The number of hydrogen-bond donors (Lipinski definition) is 1. The largest absolute Gasteiger partial charge is 0.315 e. The molecule has 1 unspecified atom stereocenters. The second-order valence-electron chi connectivity index (χ2n) is 4.50. The Morgan fingerprint density at radius 3 is 2.62 bits per heavy atom. The van der Waals surface area contributed by atoms with Gasteiger partial charge in [0.2, 0.25) is 0 Å². The van der Waals surface area contributed by atoms with E-state index in [0.717, 1.165) is 0 Å². The Kier molecular flexibility index (Phi) is 4.20. The van der Waals surface area contributed by atoms with Gasteiger partial charge in [-0.25, -0.2) is 0 Å². The van der Waals surface area contributed by atoms with Crippen LogP contribution in [0.1, 0.15) is 39.0 Å². The van der Waals surface area contributed by atoms with Crippen LogP contribution in [0.25, 0.3) is 0 Å². The first-order valence-electron chi connectivity index (χ1n) is 5.59. The van der Waals surface area contributed by atoms with Crippen LogP contribution >= 0.6 is 0 Å². The lowest BCUT2D eigenvalue weighted by molar-refractivity contribution is 0.101. The molecule has 0 radical (unpaired) electrons. The third-order valence-electron chi connectivity index (χ3n) is 3.39. The molecule has 1 fully saturated rings. The standard InChI is InChI=1S/C11H24N2/c1-4-5-7-11(13(2)3)8-6-9-12-10-11/h12H,4-10H2,1-3H3. The zero-order valence-electron chi connectivity index (χ0n) is 9.40. The number of piperidine rings is 1. The molecule has 0 aromatic rings. The van der Waals surface area contributed by atoms with Crippen molar-refractivity contribution < 1.29 is 0 Å². The van der Waals surface area contributed by atoms with Crippen molar-refractivity contribution in [2.24, 2.45) is 0 Å². The zero-order valence-corrected chi connectivity index (χ0v) is 9.40. The van der Waals surface area contributed by atoms with Crippen LogP contribution in [0, 0.1) is 0 Å². The van der Waals surface area contributed by atoms with Crippen molar-refractivity contribution in [1.29, 1.82) is 0 Å². The molecule has 0 aromatic heterocycles. The van der Waals surface area contributed by atoms with Gasteiger partial charge < -0.3 is 10.2 Å². The molecule has 0 saturated carbocycles. The predicted molar refractivity (Wildman–Crippen MR) is 58.0 cm³/mol. The van der Waals surface area contributed by atoms with Gasteiger partial charge in [0.15, 0.2) is 0 Å². The van der Waals surface area contributed by atoms with Gasteiger partial charge in [-0.1, -0.05) is 19.8 Å². The molecule has 0 aromatic carbocycles. The normalized spacial score (nSPS) is 29.5. The summed E-state index contributed by atoms with van der Waals surface area (Å²) in [5.41, 5.74) is 0.453. The molecule has 1 aliphatic rings. The molecule has 78 valence electrons. The summed E-state index contributed by atoms with van der Waals surface area (Å²) >= 11 is 0. The number of nitrogens with zero attached hydrogens (tertiary/aromatic N) is 1. The Bertz CT molecular complexity index is 137.